The third kappa shape index (κ3) is 1.60. The number of nitrogens with two attached hydrogens (primary N) is 1. The van der Waals surface area contributed by atoms with Gasteiger partial charge in [-0.15, -0.1) is 0 Å². The lowest BCUT2D eigenvalue weighted by Crippen LogP contribution is -2.07. The Kier molecular flexibility index (Phi) is 2.20. The van der Waals surface area contributed by atoms with Gasteiger partial charge in [0.2, 0.25) is 5.95 Å². The van der Waals surface area contributed by atoms with Crippen molar-refractivity contribution < 1.29 is 0 Å². The molecule has 0 amide bonds. The van der Waals surface area contributed by atoms with E-state index < -0.39 is 0 Å². The highest BCUT2D eigenvalue weighted by molar-refractivity contribution is 5.60. The molecular weight excluding hydrogens is 176 g/mol. The minimum Gasteiger partial charge on any atom is -0.323 e. The number of nitrogens with zero attached hydrogens (tertiary/aromatic N) is 1. The van der Waals surface area contributed by atoms with Gasteiger partial charge in [0.05, 0.1) is 11.9 Å². The van der Waals surface area contributed by atoms with Crippen LogP contribution in [0.3, 0.4) is 0 Å². The van der Waals surface area contributed by atoms with Crippen LogP contribution in [0.5, 0.6) is 0 Å². The van der Waals surface area contributed by atoms with Crippen LogP contribution in [0.25, 0.3) is 11.3 Å². The van der Waals surface area contributed by atoms with Crippen LogP contribution in [-0.4, -0.2) is 9.97 Å². The Bertz CT molecular complexity index is 416. The molecule has 14 heavy (non-hydrogen) atoms. The summed E-state index contributed by atoms with van der Waals surface area (Å²) >= 11 is 0. The summed E-state index contributed by atoms with van der Waals surface area (Å²) in [6.07, 6.45) is 1.75. The molecule has 0 saturated heterocycles. The van der Waals surface area contributed by atoms with E-state index >= 15 is 0 Å². The van der Waals surface area contributed by atoms with Crippen molar-refractivity contribution in [1.82, 2.24) is 9.97 Å². The Labute approximate surface area is 82.1 Å². The number of hydrogen-bond acceptors (Lipinski definition) is 3. The fourth-order valence-corrected chi connectivity index (χ4v) is 1.27. The van der Waals surface area contributed by atoms with Gasteiger partial charge in [-0.3, -0.25) is 5.43 Å². The van der Waals surface area contributed by atoms with E-state index in [1.54, 1.807) is 6.20 Å². The Morgan fingerprint density at radius 1 is 1.29 bits per heavy atom. The number of aromatic nitrogens is 2. The molecule has 0 aliphatic heterocycles. The Balaban J connectivity index is 2.34. The van der Waals surface area contributed by atoms with E-state index in [9.17, 15) is 0 Å². The molecule has 4 heteroatoms. The zero-order valence-corrected chi connectivity index (χ0v) is 7.91. The van der Waals surface area contributed by atoms with Crippen LogP contribution in [0.15, 0.2) is 30.5 Å². The third-order valence-electron chi connectivity index (χ3n) is 2.08. The SMILES string of the molecule is Cc1ccc(-c2cnc(NN)[nH]2)cc1. The minimum absolute atomic E-state index is 0.570. The first-order chi connectivity index (χ1) is 6.79. The molecule has 1 aromatic heterocycles. The summed E-state index contributed by atoms with van der Waals surface area (Å²) in [5.74, 6) is 5.79. The second kappa shape index (κ2) is 3.51. The molecule has 1 aromatic carbocycles. The van der Waals surface area contributed by atoms with Crippen LogP contribution >= 0.6 is 0 Å². The van der Waals surface area contributed by atoms with Gasteiger partial charge >= 0.3 is 0 Å². The highest BCUT2D eigenvalue weighted by atomic mass is 15.3. The normalized spacial score (nSPS) is 10.1. The largest absolute Gasteiger partial charge is 0.323 e. The van der Waals surface area contributed by atoms with E-state index in [-0.39, 0.29) is 0 Å². The van der Waals surface area contributed by atoms with Crippen LogP contribution in [-0.2, 0) is 0 Å². The van der Waals surface area contributed by atoms with Crippen molar-refractivity contribution in [2.75, 3.05) is 5.43 Å². The summed E-state index contributed by atoms with van der Waals surface area (Å²) in [5.41, 5.74) is 5.76. The predicted octanol–water partition coefficient (Wildman–Crippen LogP) is 1.67. The first-order valence-corrected chi connectivity index (χ1v) is 4.38. The molecule has 0 unspecified atom stereocenters. The monoisotopic (exact) mass is 188 g/mol. The summed E-state index contributed by atoms with van der Waals surface area (Å²) in [5, 5.41) is 0. The molecule has 2 aromatic rings. The maximum atomic E-state index is 5.22. The average molecular weight is 188 g/mol. The molecule has 4 nitrogen and oxygen atoms in total. The predicted molar refractivity (Wildman–Crippen MR) is 56.6 cm³/mol. The van der Waals surface area contributed by atoms with E-state index in [2.05, 4.69) is 34.5 Å². The highest BCUT2D eigenvalue weighted by Gasteiger charge is 2.00. The van der Waals surface area contributed by atoms with Crippen LogP contribution in [0.1, 0.15) is 5.56 Å². The number of nitrogens with one attached hydrogen (secondary N) is 2. The van der Waals surface area contributed by atoms with Gasteiger partial charge in [0.15, 0.2) is 0 Å². The molecule has 0 atom stereocenters. The van der Waals surface area contributed by atoms with Gasteiger partial charge in [0.1, 0.15) is 0 Å². The number of nitrogen functional groups attached to an aromatic ring is 1. The second-order valence-corrected chi connectivity index (χ2v) is 3.16. The Morgan fingerprint density at radius 2 is 2.00 bits per heavy atom. The second-order valence-electron chi connectivity index (χ2n) is 3.16. The molecule has 0 saturated carbocycles. The smallest absolute Gasteiger partial charge is 0.215 e. The molecule has 0 fully saturated rings. The molecule has 72 valence electrons. The maximum Gasteiger partial charge on any atom is 0.215 e. The van der Waals surface area contributed by atoms with Crippen molar-refractivity contribution >= 4 is 5.95 Å². The summed E-state index contributed by atoms with van der Waals surface area (Å²) in [4.78, 5) is 7.09. The average Bonchev–Trinajstić information content (AvgIpc) is 2.67. The summed E-state index contributed by atoms with van der Waals surface area (Å²) in [6, 6.07) is 8.21. The molecule has 0 radical (unpaired) electrons. The summed E-state index contributed by atoms with van der Waals surface area (Å²) < 4.78 is 0. The topological polar surface area (TPSA) is 66.7 Å². The molecule has 0 spiro atoms. The lowest BCUT2D eigenvalue weighted by Gasteiger charge is -1.97. The van der Waals surface area contributed by atoms with Gasteiger partial charge in [0.25, 0.3) is 0 Å². The fourth-order valence-electron chi connectivity index (χ4n) is 1.27. The van der Waals surface area contributed by atoms with Gasteiger partial charge in [-0.25, -0.2) is 10.8 Å². The molecular formula is C10H12N4. The minimum atomic E-state index is 0.570. The van der Waals surface area contributed by atoms with Gasteiger partial charge in [0, 0.05) is 0 Å². The van der Waals surface area contributed by atoms with Gasteiger partial charge in [-0.2, -0.15) is 0 Å². The molecule has 4 N–H and O–H groups in total. The highest BCUT2D eigenvalue weighted by Crippen LogP contribution is 2.18. The van der Waals surface area contributed by atoms with Crippen molar-refractivity contribution in [3.63, 3.8) is 0 Å². The first-order valence-electron chi connectivity index (χ1n) is 4.38. The van der Waals surface area contributed by atoms with Gasteiger partial charge in [-0.05, 0) is 12.5 Å². The van der Waals surface area contributed by atoms with Crippen LogP contribution in [0.4, 0.5) is 5.95 Å². The fraction of sp³-hybridized carbons (Fsp3) is 0.100. The van der Waals surface area contributed by atoms with Crippen LogP contribution in [0.2, 0.25) is 0 Å². The first kappa shape index (κ1) is 8.77. The van der Waals surface area contributed by atoms with E-state index in [1.807, 2.05) is 12.1 Å². The zero-order chi connectivity index (χ0) is 9.97. The molecule has 0 aliphatic rings. The van der Waals surface area contributed by atoms with Crippen LogP contribution < -0.4 is 11.3 Å². The number of hydrazine groups is 1. The van der Waals surface area contributed by atoms with Crippen molar-refractivity contribution in [2.24, 2.45) is 5.84 Å². The van der Waals surface area contributed by atoms with E-state index in [1.165, 1.54) is 5.56 Å². The number of aromatic amines is 1. The summed E-state index contributed by atoms with van der Waals surface area (Å²) in [7, 11) is 0. The Hall–Kier alpha value is -1.81. The van der Waals surface area contributed by atoms with Crippen molar-refractivity contribution in [3.05, 3.63) is 36.0 Å². The Morgan fingerprint density at radius 3 is 2.57 bits per heavy atom. The van der Waals surface area contributed by atoms with Crippen molar-refractivity contribution in [2.45, 2.75) is 6.92 Å². The van der Waals surface area contributed by atoms with E-state index in [0.717, 1.165) is 11.3 Å². The number of aryl methyl sites for hydroxylation is 1. The molecule has 0 aliphatic carbocycles. The van der Waals surface area contributed by atoms with Crippen molar-refractivity contribution in [1.29, 1.82) is 0 Å². The lowest BCUT2D eigenvalue weighted by molar-refractivity contribution is 1.20. The van der Waals surface area contributed by atoms with E-state index in [0.29, 0.717) is 5.95 Å². The van der Waals surface area contributed by atoms with Crippen LogP contribution in [0, 0.1) is 6.92 Å². The number of anilines is 1. The summed E-state index contributed by atoms with van der Waals surface area (Å²) in [6.45, 7) is 2.06. The molecule has 2 rings (SSSR count). The van der Waals surface area contributed by atoms with Gasteiger partial charge in [-0.1, -0.05) is 29.8 Å². The molecule has 0 bridgehead atoms. The lowest BCUT2D eigenvalue weighted by atomic mass is 10.1. The maximum absolute atomic E-state index is 5.22. The third-order valence-corrected chi connectivity index (χ3v) is 2.08. The zero-order valence-electron chi connectivity index (χ0n) is 7.91. The van der Waals surface area contributed by atoms with Gasteiger partial charge < -0.3 is 4.98 Å². The van der Waals surface area contributed by atoms with Crippen molar-refractivity contribution in [3.8, 4) is 11.3 Å². The number of H-pyrrole nitrogens is 1. The number of imidazole rings is 1. The number of hydrogen-bond donors (Lipinski definition) is 3. The van der Waals surface area contributed by atoms with E-state index in [4.69, 9.17) is 5.84 Å². The number of rotatable bonds is 2. The quantitative estimate of drug-likeness (QED) is 0.496. The standard InChI is InChI=1S/C10H12N4/c1-7-2-4-8(5-3-7)9-6-12-10(13-9)14-11/h2-6H,11H2,1H3,(H2,12,13,14). The molecule has 1 heterocycles. The number of benzene rings is 1.